The minimum Gasteiger partial charge on any atom is -0.222 e. The number of hydrogen-bond acceptors (Lipinski definition) is 5. The van der Waals surface area contributed by atoms with Crippen molar-refractivity contribution in [3.05, 3.63) is 150 Å². The third kappa shape index (κ3) is 7.76. The smallest absolute Gasteiger partial charge is 0.203 e. The summed E-state index contributed by atoms with van der Waals surface area (Å²) in [6.45, 7) is 0. The first-order valence-corrected chi connectivity index (χ1v) is 13.0. The summed E-state index contributed by atoms with van der Waals surface area (Å²) >= 11 is 1.83. The normalized spacial score (nSPS) is 15.1. The highest BCUT2D eigenvalue weighted by molar-refractivity contribution is 8.16. The van der Waals surface area contributed by atoms with E-state index in [1.165, 1.54) is 32.1 Å². The Kier molecular flexibility index (Phi) is 8.51. The van der Waals surface area contributed by atoms with E-state index in [-0.39, 0.29) is 0 Å². The number of thioether (sulfide) groups is 1. The topological polar surface area (TPSA) is 106 Å². The Bertz CT molecular complexity index is 1290. The van der Waals surface area contributed by atoms with Crippen molar-refractivity contribution >= 4 is 33.0 Å². The van der Waals surface area contributed by atoms with E-state index in [1.807, 2.05) is 30.0 Å². The van der Waals surface area contributed by atoms with Crippen molar-refractivity contribution < 1.29 is 33.9 Å². The maximum atomic E-state index is 8.49. The van der Waals surface area contributed by atoms with Gasteiger partial charge in [-0.05, 0) is 46.6 Å². The number of hydrogen-bond donors (Lipinski definition) is 1. The van der Waals surface area contributed by atoms with Crippen LogP contribution >= 0.6 is 11.8 Å². The molecule has 7 heteroatoms. The molecule has 3 aromatic rings. The molecule has 0 atom stereocenters. The van der Waals surface area contributed by atoms with Crippen LogP contribution in [0.15, 0.2) is 139 Å². The first kappa shape index (κ1) is 25.6. The molecule has 36 heavy (non-hydrogen) atoms. The molecule has 1 aliphatic carbocycles. The monoisotopic (exact) mass is 515 g/mol. The van der Waals surface area contributed by atoms with Crippen molar-refractivity contribution in [3.8, 4) is 0 Å². The van der Waals surface area contributed by atoms with Crippen LogP contribution in [0.3, 0.4) is 0 Å². The van der Waals surface area contributed by atoms with Crippen LogP contribution in [-0.4, -0.2) is 5.71 Å². The Morgan fingerprint density at radius 1 is 0.528 bits per heavy atom. The maximum Gasteiger partial charge on any atom is 0.203 e. The molecule has 1 N–H and O–H groups in total. The molecule has 0 bridgehead atoms. The van der Waals surface area contributed by atoms with Gasteiger partial charge in [0.1, 0.15) is 0 Å². The Morgan fingerprint density at radius 3 is 1.39 bits per heavy atom. The molecule has 5 nitrogen and oxygen atoms in total. The number of allylic oxidation sites excluding steroid dienone is 8. The van der Waals surface area contributed by atoms with Gasteiger partial charge < -0.3 is 0 Å². The second-order valence-corrected chi connectivity index (χ2v) is 9.59. The van der Waals surface area contributed by atoms with E-state index in [4.69, 9.17) is 18.6 Å². The fourth-order valence-corrected chi connectivity index (χ4v) is 4.71. The lowest BCUT2D eigenvalue weighted by Gasteiger charge is -2.18. The molecule has 0 radical (unpaired) electrons. The van der Waals surface area contributed by atoms with Gasteiger partial charge >= 0.3 is 0 Å². The lowest BCUT2D eigenvalue weighted by molar-refractivity contribution is -2.00. The van der Waals surface area contributed by atoms with Gasteiger partial charge in [0.2, 0.25) is 11.4 Å². The Morgan fingerprint density at radius 2 is 0.944 bits per heavy atom. The number of rotatable bonds is 3. The van der Waals surface area contributed by atoms with Crippen LogP contribution in [0.25, 0.3) is 9.81 Å². The van der Waals surface area contributed by atoms with Gasteiger partial charge in [-0.2, -0.15) is 0 Å². The van der Waals surface area contributed by atoms with E-state index < -0.39 is 10.2 Å². The van der Waals surface area contributed by atoms with Crippen LogP contribution < -0.4 is 23.6 Å². The summed E-state index contributed by atoms with van der Waals surface area (Å²) in [6.07, 6.45) is 13.3. The minimum atomic E-state index is -4.94. The molecule has 0 spiro atoms. The highest BCUT2D eigenvalue weighted by Gasteiger charge is 2.16. The van der Waals surface area contributed by atoms with Crippen molar-refractivity contribution in [3.63, 3.8) is 0 Å². The van der Waals surface area contributed by atoms with Crippen LogP contribution in [0.4, 0.5) is 5.69 Å². The highest BCUT2D eigenvalue weighted by Crippen LogP contribution is 2.44. The second kappa shape index (κ2) is 12.0. The SMILES string of the molecule is C1=CC(=C2C=C(c3ccccc3)SC(c3ccccc3)=C2)C=CC1=[NH+]c1ccccc1.[O-][Cl+3]([O-])([O-])[O-]. The average Bonchev–Trinajstić information content (AvgIpc) is 2.90. The van der Waals surface area contributed by atoms with Gasteiger partial charge in [-0.1, -0.05) is 90.6 Å². The Labute approximate surface area is 216 Å². The van der Waals surface area contributed by atoms with Crippen molar-refractivity contribution in [1.29, 1.82) is 0 Å². The van der Waals surface area contributed by atoms with Crippen molar-refractivity contribution in [2.75, 3.05) is 0 Å². The van der Waals surface area contributed by atoms with Crippen molar-refractivity contribution in [1.82, 2.24) is 0 Å². The van der Waals surface area contributed by atoms with Crippen LogP contribution in [-0.2, 0) is 0 Å². The summed E-state index contributed by atoms with van der Waals surface area (Å²) in [6, 6.07) is 31.5. The molecule has 3 aromatic carbocycles. The molecule has 5 rings (SSSR count). The molecule has 0 amide bonds. The molecular formula is C29H22ClNO4S. The van der Waals surface area contributed by atoms with Gasteiger partial charge in [0.05, 0.1) is 0 Å². The van der Waals surface area contributed by atoms with E-state index in [0.717, 1.165) is 11.4 Å². The van der Waals surface area contributed by atoms with Crippen LogP contribution in [0.5, 0.6) is 0 Å². The van der Waals surface area contributed by atoms with Gasteiger partial charge in [-0.25, -0.2) is 23.6 Å². The van der Waals surface area contributed by atoms with Crippen LogP contribution in [0.1, 0.15) is 11.1 Å². The number of halogens is 1. The molecule has 1 heterocycles. The zero-order valence-electron chi connectivity index (χ0n) is 19.0. The van der Waals surface area contributed by atoms with Gasteiger partial charge in [0, 0.05) is 34.1 Å². The van der Waals surface area contributed by atoms with Crippen molar-refractivity contribution in [2.45, 2.75) is 0 Å². The summed E-state index contributed by atoms with van der Waals surface area (Å²) in [5, 5.41) is 0. The predicted octanol–water partition coefficient (Wildman–Crippen LogP) is 1.34. The summed E-state index contributed by atoms with van der Waals surface area (Å²) in [7, 11) is -4.94. The average molecular weight is 516 g/mol. The Balaban J connectivity index is 0.000000556. The maximum absolute atomic E-state index is 8.49. The molecule has 0 aromatic heterocycles. The number of benzene rings is 3. The van der Waals surface area contributed by atoms with Gasteiger partial charge in [-0.3, -0.25) is 0 Å². The molecule has 2 aliphatic rings. The highest BCUT2D eigenvalue weighted by atomic mass is 35.7. The lowest BCUT2D eigenvalue weighted by Crippen LogP contribution is -2.68. The fraction of sp³-hybridized carbons (Fsp3) is 0. The third-order valence-corrected chi connectivity index (χ3v) is 6.34. The minimum absolute atomic E-state index is 1.08. The quantitative estimate of drug-likeness (QED) is 0.566. The fourth-order valence-electron chi connectivity index (χ4n) is 3.59. The molecular weight excluding hydrogens is 494 g/mol. The summed E-state index contributed by atoms with van der Waals surface area (Å²) in [5.74, 6) is 0. The molecule has 180 valence electrons. The first-order chi connectivity index (χ1) is 17.3. The van der Waals surface area contributed by atoms with Gasteiger partial charge in [0.25, 0.3) is 0 Å². The van der Waals surface area contributed by atoms with E-state index in [2.05, 4.69) is 114 Å². The van der Waals surface area contributed by atoms with E-state index in [1.54, 1.807) is 0 Å². The number of nitrogens with one attached hydrogen (secondary N) is 1. The summed E-state index contributed by atoms with van der Waals surface area (Å²) in [5.41, 5.74) is 7.10. The second-order valence-electron chi connectivity index (χ2n) is 7.75. The van der Waals surface area contributed by atoms with Crippen molar-refractivity contribution in [2.24, 2.45) is 0 Å². The largest absolute Gasteiger partial charge is 0.222 e. The summed E-state index contributed by atoms with van der Waals surface area (Å²) < 4.78 is 34.0. The number of para-hydroxylation sites is 1. The molecule has 0 saturated carbocycles. The molecule has 0 fully saturated rings. The molecule has 0 unspecified atom stereocenters. The van der Waals surface area contributed by atoms with Gasteiger partial charge in [0.15, 0.2) is 0 Å². The van der Waals surface area contributed by atoms with Crippen LogP contribution in [0.2, 0.25) is 0 Å². The van der Waals surface area contributed by atoms with E-state index in [9.17, 15) is 0 Å². The predicted molar refractivity (Wildman–Crippen MR) is 134 cm³/mol. The Hall–Kier alpha value is -3.49. The zero-order chi connectivity index (χ0) is 25.4. The van der Waals surface area contributed by atoms with E-state index >= 15 is 0 Å². The van der Waals surface area contributed by atoms with E-state index in [0.29, 0.717) is 0 Å². The molecule has 0 saturated heterocycles. The zero-order valence-corrected chi connectivity index (χ0v) is 20.6. The standard InChI is InChI=1S/C29H21NS.ClHO4/c1-4-10-23(11-5-1)28-20-25(21-29(31-28)24-12-6-2-7-13-24)22-16-18-27(19-17-22)30-26-14-8-3-9-15-26;2-1(3,4)5/h1-21H;(H,2,3,4,5). The molecule has 1 aliphatic heterocycles. The summed E-state index contributed by atoms with van der Waals surface area (Å²) in [4.78, 5) is 5.99. The van der Waals surface area contributed by atoms with Gasteiger partial charge in [-0.15, -0.1) is 10.2 Å². The lowest BCUT2D eigenvalue weighted by atomic mass is 9.99. The third-order valence-electron chi connectivity index (χ3n) is 5.19. The first-order valence-electron chi connectivity index (χ1n) is 11.0. The van der Waals surface area contributed by atoms with Crippen LogP contribution in [0, 0.1) is 10.2 Å².